The second kappa shape index (κ2) is 7.64. The summed E-state index contributed by atoms with van der Waals surface area (Å²) in [6.07, 6.45) is 0.0480. The lowest BCUT2D eigenvalue weighted by Crippen LogP contribution is -2.45. The van der Waals surface area contributed by atoms with Crippen LogP contribution in [-0.2, 0) is 9.59 Å². The number of rotatable bonds is 7. The van der Waals surface area contributed by atoms with Crippen LogP contribution in [0.3, 0.4) is 0 Å². The molecule has 0 aromatic carbocycles. The number of hydrogen-bond acceptors (Lipinski definition) is 4. The summed E-state index contributed by atoms with van der Waals surface area (Å²) in [5.41, 5.74) is 0.556. The van der Waals surface area contributed by atoms with E-state index in [2.05, 4.69) is 10.6 Å². The summed E-state index contributed by atoms with van der Waals surface area (Å²) in [5.74, 6) is -1.89. The highest BCUT2D eigenvalue weighted by atomic mass is 32.1. The minimum Gasteiger partial charge on any atom is -0.480 e. The minimum atomic E-state index is -1.06. The smallest absolute Gasteiger partial charge is 0.326 e. The molecule has 0 aliphatic carbocycles. The molecule has 1 aromatic rings. The number of nitrogens with one attached hydrogen (secondary N) is 2. The Morgan fingerprint density at radius 3 is 2.55 bits per heavy atom. The summed E-state index contributed by atoms with van der Waals surface area (Å²) in [5, 5.41) is 17.5. The van der Waals surface area contributed by atoms with Crippen LogP contribution >= 0.6 is 11.3 Å². The molecule has 20 heavy (non-hydrogen) atoms. The van der Waals surface area contributed by atoms with Crippen LogP contribution in [-0.4, -0.2) is 35.5 Å². The summed E-state index contributed by atoms with van der Waals surface area (Å²) in [7, 11) is 0. The highest BCUT2D eigenvalue weighted by Crippen LogP contribution is 2.05. The summed E-state index contributed by atoms with van der Waals surface area (Å²) in [4.78, 5) is 34.1. The molecule has 1 aromatic heterocycles. The molecule has 0 saturated carbocycles. The van der Waals surface area contributed by atoms with Crippen molar-refractivity contribution in [2.75, 3.05) is 6.54 Å². The molecule has 0 fully saturated rings. The van der Waals surface area contributed by atoms with Crippen molar-refractivity contribution in [1.82, 2.24) is 10.6 Å². The lowest BCUT2D eigenvalue weighted by molar-refractivity contribution is -0.143. The van der Waals surface area contributed by atoms with Crippen molar-refractivity contribution in [2.24, 2.45) is 5.92 Å². The summed E-state index contributed by atoms with van der Waals surface area (Å²) < 4.78 is 0. The first-order valence-corrected chi connectivity index (χ1v) is 7.18. The van der Waals surface area contributed by atoms with Crippen molar-refractivity contribution in [3.05, 3.63) is 22.4 Å². The summed E-state index contributed by atoms with van der Waals surface area (Å²) in [6.45, 7) is 3.61. The first-order chi connectivity index (χ1) is 9.41. The molecule has 3 N–H and O–H groups in total. The van der Waals surface area contributed by atoms with E-state index >= 15 is 0 Å². The highest BCUT2D eigenvalue weighted by molar-refractivity contribution is 7.08. The lowest BCUT2D eigenvalue weighted by atomic mass is 10.0. The van der Waals surface area contributed by atoms with Crippen molar-refractivity contribution in [1.29, 1.82) is 0 Å². The molecule has 2 amide bonds. The van der Waals surface area contributed by atoms with Crippen molar-refractivity contribution in [3.8, 4) is 0 Å². The van der Waals surface area contributed by atoms with E-state index in [4.69, 9.17) is 5.11 Å². The van der Waals surface area contributed by atoms with Gasteiger partial charge in [0.1, 0.15) is 6.04 Å². The van der Waals surface area contributed by atoms with Crippen LogP contribution in [0.2, 0.25) is 0 Å². The van der Waals surface area contributed by atoms with Gasteiger partial charge in [0.15, 0.2) is 0 Å². The Labute approximate surface area is 121 Å². The highest BCUT2D eigenvalue weighted by Gasteiger charge is 2.23. The normalized spacial score (nSPS) is 11.9. The van der Waals surface area contributed by atoms with Crippen molar-refractivity contribution in [2.45, 2.75) is 26.3 Å². The van der Waals surface area contributed by atoms with E-state index in [9.17, 15) is 14.4 Å². The van der Waals surface area contributed by atoms with Gasteiger partial charge in [-0.25, -0.2) is 4.79 Å². The van der Waals surface area contributed by atoms with Gasteiger partial charge in [0.2, 0.25) is 5.91 Å². The van der Waals surface area contributed by atoms with Gasteiger partial charge in [0.25, 0.3) is 5.91 Å². The minimum absolute atomic E-state index is 0.0480. The number of amides is 2. The molecule has 6 nitrogen and oxygen atoms in total. The Balaban J connectivity index is 2.33. The monoisotopic (exact) mass is 298 g/mol. The third-order valence-corrected chi connectivity index (χ3v) is 3.35. The molecule has 0 spiro atoms. The zero-order valence-corrected chi connectivity index (χ0v) is 12.2. The molecule has 0 aliphatic heterocycles. The SMILES string of the molecule is CC(C)[C@@H](NC(=O)CCNC(=O)c1ccsc1)C(=O)O. The average molecular weight is 298 g/mol. The van der Waals surface area contributed by atoms with Crippen LogP contribution in [0.25, 0.3) is 0 Å². The molecule has 1 atom stereocenters. The van der Waals surface area contributed by atoms with Gasteiger partial charge >= 0.3 is 5.97 Å². The van der Waals surface area contributed by atoms with E-state index in [-0.39, 0.29) is 24.8 Å². The molecular formula is C13H18N2O4S. The Morgan fingerprint density at radius 2 is 2.05 bits per heavy atom. The molecule has 0 radical (unpaired) electrons. The zero-order valence-electron chi connectivity index (χ0n) is 11.4. The van der Waals surface area contributed by atoms with Gasteiger partial charge in [-0.05, 0) is 17.4 Å². The summed E-state index contributed by atoms with van der Waals surface area (Å²) in [6, 6.07) is 0.786. The fourth-order valence-electron chi connectivity index (χ4n) is 1.54. The van der Waals surface area contributed by atoms with Crippen LogP contribution in [0.5, 0.6) is 0 Å². The van der Waals surface area contributed by atoms with Gasteiger partial charge in [-0.3, -0.25) is 9.59 Å². The number of hydrogen-bond donors (Lipinski definition) is 3. The molecule has 7 heteroatoms. The van der Waals surface area contributed by atoms with E-state index in [1.54, 1.807) is 30.7 Å². The first-order valence-electron chi connectivity index (χ1n) is 6.24. The van der Waals surface area contributed by atoms with Crippen LogP contribution in [0, 0.1) is 5.92 Å². The van der Waals surface area contributed by atoms with Gasteiger partial charge in [-0.1, -0.05) is 13.8 Å². The molecule has 0 bridgehead atoms. The molecule has 1 heterocycles. The number of carbonyl (C=O) groups is 3. The van der Waals surface area contributed by atoms with Crippen molar-refractivity contribution >= 4 is 29.1 Å². The summed E-state index contributed by atoms with van der Waals surface area (Å²) >= 11 is 1.42. The second-order valence-electron chi connectivity index (χ2n) is 4.65. The number of carboxylic acid groups (broad SMARTS) is 1. The maximum Gasteiger partial charge on any atom is 0.326 e. The number of carbonyl (C=O) groups excluding carboxylic acids is 2. The maximum atomic E-state index is 11.6. The van der Waals surface area contributed by atoms with E-state index in [1.807, 2.05) is 0 Å². The Bertz CT molecular complexity index is 471. The Kier molecular flexibility index (Phi) is 6.17. The largest absolute Gasteiger partial charge is 0.480 e. The fourth-order valence-corrected chi connectivity index (χ4v) is 2.18. The molecule has 0 unspecified atom stereocenters. The van der Waals surface area contributed by atoms with E-state index in [1.165, 1.54) is 11.3 Å². The number of thiophene rings is 1. The van der Waals surface area contributed by atoms with Crippen LogP contribution < -0.4 is 10.6 Å². The molecule has 1 rings (SSSR count). The topological polar surface area (TPSA) is 95.5 Å². The second-order valence-corrected chi connectivity index (χ2v) is 5.43. The third kappa shape index (κ3) is 5.00. The van der Waals surface area contributed by atoms with Gasteiger partial charge in [-0.15, -0.1) is 0 Å². The molecule has 0 saturated heterocycles. The third-order valence-electron chi connectivity index (χ3n) is 2.67. The lowest BCUT2D eigenvalue weighted by Gasteiger charge is -2.17. The molecule has 110 valence electrons. The standard InChI is InChI=1S/C13H18N2O4S/c1-8(2)11(13(18)19)15-10(16)3-5-14-12(17)9-4-6-20-7-9/h4,6-8,11H,3,5H2,1-2H3,(H,14,17)(H,15,16)(H,18,19)/t11-/m1/s1. The molecule has 0 aliphatic rings. The van der Waals surface area contributed by atoms with Crippen molar-refractivity contribution in [3.63, 3.8) is 0 Å². The zero-order chi connectivity index (χ0) is 15.1. The van der Waals surface area contributed by atoms with Crippen LogP contribution in [0.1, 0.15) is 30.6 Å². The van der Waals surface area contributed by atoms with Gasteiger partial charge in [-0.2, -0.15) is 11.3 Å². The van der Waals surface area contributed by atoms with Gasteiger partial charge in [0, 0.05) is 23.9 Å². The molecular weight excluding hydrogens is 280 g/mol. The predicted octanol–water partition coefficient (Wildman–Crippen LogP) is 1.09. The van der Waals surface area contributed by atoms with E-state index in [0.29, 0.717) is 5.56 Å². The van der Waals surface area contributed by atoms with Gasteiger partial charge in [0.05, 0.1) is 0 Å². The maximum absolute atomic E-state index is 11.6. The van der Waals surface area contributed by atoms with Crippen molar-refractivity contribution < 1.29 is 19.5 Å². The first kappa shape index (κ1) is 16.2. The van der Waals surface area contributed by atoms with E-state index < -0.39 is 17.9 Å². The van der Waals surface area contributed by atoms with E-state index in [0.717, 1.165) is 0 Å². The number of carboxylic acids is 1. The van der Waals surface area contributed by atoms with Gasteiger partial charge < -0.3 is 15.7 Å². The Hall–Kier alpha value is -1.89. The number of aliphatic carboxylic acids is 1. The predicted molar refractivity (Wildman–Crippen MR) is 75.7 cm³/mol. The van der Waals surface area contributed by atoms with Crippen LogP contribution in [0.4, 0.5) is 0 Å². The fraction of sp³-hybridized carbons (Fsp3) is 0.462. The average Bonchev–Trinajstić information content (AvgIpc) is 2.88. The Morgan fingerprint density at radius 1 is 1.35 bits per heavy atom. The quantitative estimate of drug-likeness (QED) is 0.702. The van der Waals surface area contributed by atoms with Crippen LogP contribution in [0.15, 0.2) is 16.8 Å².